The van der Waals surface area contributed by atoms with E-state index < -0.39 is 0 Å². The zero-order chi connectivity index (χ0) is 13.0. The van der Waals surface area contributed by atoms with Crippen molar-refractivity contribution in [3.8, 4) is 5.88 Å². The van der Waals surface area contributed by atoms with Crippen LogP contribution in [-0.4, -0.2) is 18.1 Å². The maximum absolute atomic E-state index is 6.13. The van der Waals surface area contributed by atoms with Crippen LogP contribution in [0.5, 0.6) is 5.88 Å². The zero-order valence-corrected chi connectivity index (χ0v) is 12.7. The van der Waals surface area contributed by atoms with Gasteiger partial charge in [0, 0.05) is 22.8 Å². The maximum atomic E-state index is 6.13. The molecule has 3 nitrogen and oxygen atoms in total. The number of nitrogens with one attached hydrogen (secondary N) is 1. The average molecular weight is 313 g/mol. The van der Waals surface area contributed by atoms with Crippen LogP contribution in [0.15, 0.2) is 16.7 Å². The minimum absolute atomic E-state index is 0.322. The monoisotopic (exact) mass is 312 g/mol. The minimum Gasteiger partial charge on any atom is -0.474 e. The fraction of sp³-hybridized carbons (Fsp3) is 0.643. The Labute approximate surface area is 117 Å². The summed E-state index contributed by atoms with van der Waals surface area (Å²) in [6.45, 7) is 3.06. The van der Waals surface area contributed by atoms with Crippen LogP contribution in [0.1, 0.15) is 38.2 Å². The lowest BCUT2D eigenvalue weighted by molar-refractivity contribution is 0.0963. The molecule has 18 heavy (non-hydrogen) atoms. The van der Waals surface area contributed by atoms with Gasteiger partial charge in [0.15, 0.2) is 0 Å². The van der Waals surface area contributed by atoms with E-state index in [1.54, 1.807) is 0 Å². The van der Waals surface area contributed by atoms with Crippen molar-refractivity contribution in [1.82, 2.24) is 10.3 Å². The van der Waals surface area contributed by atoms with Crippen LogP contribution in [0.3, 0.4) is 0 Å². The van der Waals surface area contributed by atoms with Crippen LogP contribution in [0.2, 0.25) is 0 Å². The van der Waals surface area contributed by atoms with Gasteiger partial charge >= 0.3 is 0 Å². The van der Waals surface area contributed by atoms with Crippen molar-refractivity contribution in [2.45, 2.75) is 45.3 Å². The fourth-order valence-corrected chi connectivity index (χ4v) is 2.87. The molecule has 0 aliphatic heterocycles. The molecule has 1 aliphatic rings. The van der Waals surface area contributed by atoms with Gasteiger partial charge in [-0.3, -0.25) is 0 Å². The first-order valence-electron chi connectivity index (χ1n) is 6.66. The molecule has 0 bridgehead atoms. The standard InChI is InChI=1S/C14H21BrN2O/c1-10-5-3-4-6-13(10)18-14-11(8-16-2)7-12(15)9-17-14/h7,9-10,13,16H,3-6,8H2,1-2H3. The Bertz CT molecular complexity index is 397. The molecule has 1 aliphatic carbocycles. The molecule has 2 atom stereocenters. The van der Waals surface area contributed by atoms with Crippen molar-refractivity contribution in [1.29, 1.82) is 0 Å². The van der Waals surface area contributed by atoms with Crippen LogP contribution < -0.4 is 10.1 Å². The van der Waals surface area contributed by atoms with Gasteiger partial charge in [0.1, 0.15) is 6.10 Å². The van der Waals surface area contributed by atoms with E-state index in [2.05, 4.69) is 39.2 Å². The van der Waals surface area contributed by atoms with Crippen molar-refractivity contribution in [2.24, 2.45) is 5.92 Å². The molecule has 1 fully saturated rings. The highest BCUT2D eigenvalue weighted by Crippen LogP contribution is 2.29. The van der Waals surface area contributed by atoms with Gasteiger partial charge in [-0.05, 0) is 54.2 Å². The number of halogens is 1. The predicted octanol–water partition coefficient (Wildman–Crippen LogP) is 3.52. The van der Waals surface area contributed by atoms with E-state index in [9.17, 15) is 0 Å². The van der Waals surface area contributed by atoms with Crippen molar-refractivity contribution in [3.05, 3.63) is 22.3 Å². The molecule has 0 saturated heterocycles. The molecule has 1 aromatic rings. The number of ether oxygens (including phenoxy) is 1. The smallest absolute Gasteiger partial charge is 0.218 e. The van der Waals surface area contributed by atoms with Gasteiger partial charge in [-0.25, -0.2) is 4.98 Å². The highest BCUT2D eigenvalue weighted by atomic mass is 79.9. The molecule has 0 amide bonds. The van der Waals surface area contributed by atoms with Crippen LogP contribution in [0.4, 0.5) is 0 Å². The summed E-state index contributed by atoms with van der Waals surface area (Å²) in [5, 5.41) is 3.16. The van der Waals surface area contributed by atoms with Crippen LogP contribution in [0, 0.1) is 5.92 Å². The Morgan fingerprint density at radius 1 is 1.44 bits per heavy atom. The first-order chi connectivity index (χ1) is 8.70. The zero-order valence-electron chi connectivity index (χ0n) is 11.1. The van der Waals surface area contributed by atoms with Crippen molar-refractivity contribution in [2.75, 3.05) is 7.05 Å². The first kappa shape index (κ1) is 13.8. The number of hydrogen-bond acceptors (Lipinski definition) is 3. The molecule has 100 valence electrons. The predicted molar refractivity (Wildman–Crippen MR) is 76.7 cm³/mol. The van der Waals surface area contributed by atoms with Crippen molar-refractivity contribution >= 4 is 15.9 Å². The molecule has 0 aromatic carbocycles. The third-order valence-corrected chi connectivity index (χ3v) is 3.99. The topological polar surface area (TPSA) is 34.2 Å². The van der Waals surface area contributed by atoms with E-state index in [-0.39, 0.29) is 0 Å². The number of nitrogens with zero attached hydrogens (tertiary/aromatic N) is 1. The lowest BCUT2D eigenvalue weighted by Gasteiger charge is -2.29. The van der Waals surface area contributed by atoms with Gasteiger partial charge in [0.2, 0.25) is 5.88 Å². The lowest BCUT2D eigenvalue weighted by atomic mass is 9.88. The summed E-state index contributed by atoms with van der Waals surface area (Å²) in [4.78, 5) is 4.42. The maximum Gasteiger partial charge on any atom is 0.218 e. The van der Waals surface area contributed by atoms with E-state index in [4.69, 9.17) is 4.74 Å². The minimum atomic E-state index is 0.322. The van der Waals surface area contributed by atoms with Gasteiger partial charge in [-0.15, -0.1) is 0 Å². The molecular weight excluding hydrogens is 292 g/mol. The average Bonchev–Trinajstić information content (AvgIpc) is 2.35. The number of hydrogen-bond donors (Lipinski definition) is 1. The molecule has 1 heterocycles. The molecule has 2 unspecified atom stereocenters. The Morgan fingerprint density at radius 3 is 2.94 bits per heavy atom. The summed E-state index contributed by atoms with van der Waals surface area (Å²) < 4.78 is 7.13. The second-order valence-electron chi connectivity index (χ2n) is 5.07. The van der Waals surface area contributed by atoms with Gasteiger partial charge in [0.05, 0.1) is 0 Å². The molecule has 0 spiro atoms. The van der Waals surface area contributed by atoms with E-state index in [0.29, 0.717) is 12.0 Å². The second kappa shape index (κ2) is 6.53. The summed E-state index contributed by atoms with van der Waals surface area (Å²) in [7, 11) is 1.94. The van der Waals surface area contributed by atoms with E-state index in [0.717, 1.165) is 28.9 Å². The second-order valence-corrected chi connectivity index (χ2v) is 5.98. The Kier molecular flexibility index (Phi) is 5.01. The van der Waals surface area contributed by atoms with Crippen molar-refractivity contribution < 1.29 is 4.74 Å². The summed E-state index contributed by atoms with van der Waals surface area (Å²) in [6, 6.07) is 2.08. The van der Waals surface area contributed by atoms with Gasteiger partial charge in [0.25, 0.3) is 0 Å². The SMILES string of the molecule is CNCc1cc(Br)cnc1OC1CCCCC1C. The third kappa shape index (κ3) is 3.45. The van der Waals surface area contributed by atoms with E-state index >= 15 is 0 Å². The summed E-state index contributed by atoms with van der Waals surface area (Å²) in [5.74, 6) is 1.41. The summed E-state index contributed by atoms with van der Waals surface area (Å²) >= 11 is 3.46. The van der Waals surface area contributed by atoms with Crippen molar-refractivity contribution in [3.63, 3.8) is 0 Å². The Balaban J connectivity index is 2.11. The van der Waals surface area contributed by atoms with Crippen LogP contribution in [0.25, 0.3) is 0 Å². The van der Waals surface area contributed by atoms with Gasteiger partial charge in [-0.1, -0.05) is 13.3 Å². The first-order valence-corrected chi connectivity index (χ1v) is 7.45. The quantitative estimate of drug-likeness (QED) is 0.923. The molecule has 1 aromatic heterocycles. The van der Waals surface area contributed by atoms with Crippen LogP contribution >= 0.6 is 15.9 Å². The largest absolute Gasteiger partial charge is 0.474 e. The summed E-state index contributed by atoms with van der Waals surface area (Å²) in [5.41, 5.74) is 1.12. The van der Waals surface area contributed by atoms with Crippen LogP contribution in [-0.2, 0) is 6.54 Å². The fourth-order valence-electron chi connectivity index (χ4n) is 2.49. The van der Waals surface area contributed by atoms with Gasteiger partial charge < -0.3 is 10.1 Å². The van der Waals surface area contributed by atoms with E-state index in [1.165, 1.54) is 19.3 Å². The van der Waals surface area contributed by atoms with E-state index in [1.807, 2.05) is 13.2 Å². The molecule has 0 radical (unpaired) electrons. The number of pyridine rings is 1. The molecule has 1 N–H and O–H groups in total. The highest BCUT2D eigenvalue weighted by Gasteiger charge is 2.24. The molecular formula is C14H21BrN2O. The highest BCUT2D eigenvalue weighted by molar-refractivity contribution is 9.10. The Hall–Kier alpha value is -0.610. The number of aromatic nitrogens is 1. The molecule has 1 saturated carbocycles. The molecule has 2 rings (SSSR count). The summed E-state index contributed by atoms with van der Waals surface area (Å²) in [6.07, 6.45) is 7.15. The third-order valence-electron chi connectivity index (χ3n) is 3.55. The number of rotatable bonds is 4. The van der Waals surface area contributed by atoms with Gasteiger partial charge in [-0.2, -0.15) is 0 Å². The molecule has 4 heteroatoms. The lowest BCUT2D eigenvalue weighted by Crippen LogP contribution is -2.29. The normalized spacial score (nSPS) is 23.9. The Morgan fingerprint density at radius 2 is 2.22 bits per heavy atom.